The quantitative estimate of drug-likeness (QED) is 0.915. The number of hydrogen-bond acceptors (Lipinski definition) is 5. The zero-order valence-corrected chi connectivity index (χ0v) is 12.0. The largest absolute Gasteiger partial charge is 0.441 e. The Morgan fingerprint density at radius 3 is 2.91 bits per heavy atom. The molecule has 1 aromatic heterocycles. The van der Waals surface area contributed by atoms with Crippen molar-refractivity contribution < 1.29 is 14.3 Å². The molecule has 2 aromatic rings. The van der Waals surface area contributed by atoms with Crippen LogP contribution in [0.5, 0.6) is 0 Å². The number of nitrogen functional groups attached to an aromatic ring is 1. The molecule has 1 aliphatic rings. The van der Waals surface area contributed by atoms with E-state index in [0.29, 0.717) is 31.3 Å². The number of aromatic nitrogens is 1. The van der Waals surface area contributed by atoms with Crippen LogP contribution in [-0.2, 0) is 16.1 Å². The summed E-state index contributed by atoms with van der Waals surface area (Å²) in [5, 5.41) is 0. The third-order valence-electron chi connectivity index (χ3n) is 3.37. The van der Waals surface area contributed by atoms with E-state index in [-0.39, 0.29) is 12.2 Å². The summed E-state index contributed by atoms with van der Waals surface area (Å²) >= 11 is 0. The number of nitrogens with two attached hydrogens (primary N) is 1. The van der Waals surface area contributed by atoms with Crippen LogP contribution in [-0.4, -0.2) is 30.3 Å². The number of benzene rings is 1. The van der Waals surface area contributed by atoms with Gasteiger partial charge in [0.2, 0.25) is 0 Å². The Bertz CT molecular complexity index is 648. The molecule has 1 aliphatic heterocycles. The second-order valence-corrected chi connectivity index (χ2v) is 5.06. The summed E-state index contributed by atoms with van der Waals surface area (Å²) in [6, 6.07) is 13.2. The van der Waals surface area contributed by atoms with Gasteiger partial charge in [-0.2, -0.15) is 0 Å². The molecule has 0 aliphatic carbocycles. The number of rotatable bonds is 5. The molecule has 1 saturated heterocycles. The van der Waals surface area contributed by atoms with Crippen molar-refractivity contribution in [2.45, 2.75) is 12.7 Å². The smallest absolute Gasteiger partial charge is 0.414 e. The fourth-order valence-corrected chi connectivity index (χ4v) is 2.31. The predicted molar refractivity (Wildman–Crippen MR) is 82.4 cm³/mol. The number of carbonyl (C=O) groups is 1. The van der Waals surface area contributed by atoms with E-state index in [1.165, 1.54) is 4.90 Å². The van der Waals surface area contributed by atoms with Gasteiger partial charge < -0.3 is 15.2 Å². The van der Waals surface area contributed by atoms with Crippen LogP contribution in [0.15, 0.2) is 48.7 Å². The minimum absolute atomic E-state index is 0.286. The molecule has 1 atom stereocenters. The van der Waals surface area contributed by atoms with Crippen LogP contribution in [0.25, 0.3) is 0 Å². The van der Waals surface area contributed by atoms with Crippen LogP contribution < -0.4 is 10.6 Å². The first-order valence-corrected chi connectivity index (χ1v) is 7.04. The molecule has 2 N–H and O–H groups in total. The molecule has 1 aromatic carbocycles. The van der Waals surface area contributed by atoms with E-state index in [9.17, 15) is 4.79 Å². The van der Waals surface area contributed by atoms with Crippen LogP contribution in [0.3, 0.4) is 0 Å². The minimum atomic E-state index is -0.390. The van der Waals surface area contributed by atoms with Gasteiger partial charge in [-0.05, 0) is 11.6 Å². The number of pyridine rings is 1. The molecule has 2 heterocycles. The minimum Gasteiger partial charge on any atom is -0.441 e. The number of cyclic esters (lactones) is 1. The zero-order chi connectivity index (χ0) is 15.4. The van der Waals surface area contributed by atoms with Crippen molar-refractivity contribution in [3.05, 3.63) is 54.2 Å². The summed E-state index contributed by atoms with van der Waals surface area (Å²) in [6.45, 7) is 1.30. The molecule has 1 amide bonds. The Labute approximate surface area is 128 Å². The standard InChI is InChI=1S/C16H17N3O3/c17-15-8-13(6-7-18-15)19-9-14(22-16(19)20)11-21-10-12-4-2-1-3-5-12/h1-8,14H,9-11H2,(H2,17,18). The molecule has 6 heteroatoms. The lowest BCUT2D eigenvalue weighted by Crippen LogP contribution is -2.26. The first kappa shape index (κ1) is 14.3. The molecule has 0 radical (unpaired) electrons. The van der Waals surface area contributed by atoms with E-state index in [0.717, 1.165) is 5.56 Å². The van der Waals surface area contributed by atoms with E-state index in [4.69, 9.17) is 15.2 Å². The number of amides is 1. The van der Waals surface area contributed by atoms with Gasteiger partial charge in [0.1, 0.15) is 11.9 Å². The molecule has 1 fully saturated rings. The maximum Gasteiger partial charge on any atom is 0.414 e. The van der Waals surface area contributed by atoms with Crippen molar-refractivity contribution >= 4 is 17.6 Å². The molecule has 114 valence electrons. The van der Waals surface area contributed by atoms with Gasteiger partial charge in [0, 0.05) is 12.3 Å². The molecule has 0 spiro atoms. The lowest BCUT2D eigenvalue weighted by Gasteiger charge is -2.13. The van der Waals surface area contributed by atoms with Crippen LogP contribution >= 0.6 is 0 Å². The molecule has 6 nitrogen and oxygen atoms in total. The van der Waals surface area contributed by atoms with Gasteiger partial charge in [0.05, 0.1) is 25.4 Å². The van der Waals surface area contributed by atoms with Gasteiger partial charge in [-0.3, -0.25) is 4.90 Å². The first-order chi connectivity index (χ1) is 10.7. The van der Waals surface area contributed by atoms with E-state index in [2.05, 4.69) is 4.98 Å². The molecule has 1 unspecified atom stereocenters. The zero-order valence-electron chi connectivity index (χ0n) is 12.0. The topological polar surface area (TPSA) is 77.7 Å². The molecular weight excluding hydrogens is 282 g/mol. The SMILES string of the molecule is Nc1cc(N2CC(COCc3ccccc3)OC2=O)ccn1. The van der Waals surface area contributed by atoms with Crippen molar-refractivity contribution in [1.82, 2.24) is 4.98 Å². The maximum absolute atomic E-state index is 11.9. The highest BCUT2D eigenvalue weighted by molar-refractivity contribution is 5.90. The van der Waals surface area contributed by atoms with Crippen LogP contribution in [0.2, 0.25) is 0 Å². The van der Waals surface area contributed by atoms with Gasteiger partial charge in [0.15, 0.2) is 0 Å². The second kappa shape index (κ2) is 6.44. The number of nitrogens with zero attached hydrogens (tertiary/aromatic N) is 2. The van der Waals surface area contributed by atoms with Crippen molar-refractivity contribution in [2.75, 3.05) is 23.8 Å². The van der Waals surface area contributed by atoms with Crippen molar-refractivity contribution in [2.24, 2.45) is 0 Å². The van der Waals surface area contributed by atoms with Gasteiger partial charge in [0.25, 0.3) is 0 Å². The number of ether oxygens (including phenoxy) is 2. The summed E-state index contributed by atoms with van der Waals surface area (Å²) in [7, 11) is 0. The summed E-state index contributed by atoms with van der Waals surface area (Å²) in [5.41, 5.74) is 7.41. The lowest BCUT2D eigenvalue weighted by atomic mass is 10.2. The Morgan fingerprint density at radius 1 is 1.32 bits per heavy atom. The van der Waals surface area contributed by atoms with Crippen molar-refractivity contribution in [1.29, 1.82) is 0 Å². The van der Waals surface area contributed by atoms with Crippen LogP contribution in [0.1, 0.15) is 5.56 Å². The van der Waals surface area contributed by atoms with Gasteiger partial charge in [-0.1, -0.05) is 30.3 Å². The number of anilines is 2. The highest BCUT2D eigenvalue weighted by atomic mass is 16.6. The van der Waals surface area contributed by atoms with E-state index >= 15 is 0 Å². The Kier molecular flexibility index (Phi) is 4.20. The van der Waals surface area contributed by atoms with E-state index < -0.39 is 0 Å². The Hall–Kier alpha value is -2.60. The highest BCUT2D eigenvalue weighted by Gasteiger charge is 2.32. The van der Waals surface area contributed by atoms with Gasteiger partial charge in [-0.15, -0.1) is 0 Å². The Morgan fingerprint density at radius 2 is 2.14 bits per heavy atom. The number of hydrogen-bond donors (Lipinski definition) is 1. The summed E-state index contributed by atoms with van der Waals surface area (Å²) in [6.07, 6.45) is 0.890. The number of carbonyl (C=O) groups excluding carboxylic acids is 1. The fourth-order valence-electron chi connectivity index (χ4n) is 2.31. The average molecular weight is 299 g/mol. The van der Waals surface area contributed by atoms with Crippen LogP contribution in [0, 0.1) is 0 Å². The van der Waals surface area contributed by atoms with E-state index in [1.54, 1.807) is 18.3 Å². The fraction of sp³-hybridized carbons (Fsp3) is 0.250. The second-order valence-electron chi connectivity index (χ2n) is 5.06. The highest BCUT2D eigenvalue weighted by Crippen LogP contribution is 2.22. The monoisotopic (exact) mass is 299 g/mol. The van der Waals surface area contributed by atoms with Crippen LogP contribution in [0.4, 0.5) is 16.3 Å². The van der Waals surface area contributed by atoms with Crippen molar-refractivity contribution in [3.8, 4) is 0 Å². The van der Waals surface area contributed by atoms with Gasteiger partial charge >= 0.3 is 6.09 Å². The molecule has 3 rings (SSSR count). The maximum atomic E-state index is 11.9. The predicted octanol–water partition coefficient (Wildman–Crippen LogP) is 2.21. The molecule has 22 heavy (non-hydrogen) atoms. The molecule has 0 bridgehead atoms. The van der Waals surface area contributed by atoms with Crippen molar-refractivity contribution in [3.63, 3.8) is 0 Å². The van der Waals surface area contributed by atoms with Gasteiger partial charge in [-0.25, -0.2) is 9.78 Å². The normalized spacial score (nSPS) is 17.5. The first-order valence-electron chi connectivity index (χ1n) is 7.04. The molecule has 0 saturated carbocycles. The third-order valence-corrected chi connectivity index (χ3v) is 3.37. The third kappa shape index (κ3) is 3.35. The summed E-state index contributed by atoms with van der Waals surface area (Å²) in [4.78, 5) is 17.4. The average Bonchev–Trinajstić information content (AvgIpc) is 2.89. The molecular formula is C16H17N3O3. The lowest BCUT2D eigenvalue weighted by molar-refractivity contribution is 0.0381. The van der Waals surface area contributed by atoms with E-state index in [1.807, 2.05) is 30.3 Å². The summed E-state index contributed by atoms with van der Waals surface area (Å²) < 4.78 is 10.9. The summed E-state index contributed by atoms with van der Waals surface area (Å²) in [5.74, 6) is 0.370. The Balaban J connectivity index is 1.54.